The molecule has 0 atom stereocenters. The lowest BCUT2D eigenvalue weighted by atomic mass is 10.2. The number of carbonyl (C=O) groups excluding carboxylic acids is 1. The molecule has 238 valence electrons. The first kappa shape index (κ1) is 32.9. The quantitative estimate of drug-likeness (QED) is 0.307. The normalized spacial score (nSPS) is 14.3. The van der Waals surface area contributed by atoms with Gasteiger partial charge in [0.25, 0.3) is 10.0 Å². The summed E-state index contributed by atoms with van der Waals surface area (Å²) >= 11 is 0. The number of ether oxygens (including phenoxy) is 4. The first-order chi connectivity index (χ1) is 21.0. The summed E-state index contributed by atoms with van der Waals surface area (Å²) in [6.45, 7) is 0.298. The van der Waals surface area contributed by atoms with Crippen LogP contribution in [0.1, 0.15) is 25.7 Å². The molecule has 4 rings (SSSR count). The van der Waals surface area contributed by atoms with Crippen molar-refractivity contribution in [2.45, 2.75) is 35.5 Å². The average Bonchev–Trinajstić information content (AvgIpc) is 3.33. The highest BCUT2D eigenvalue weighted by Crippen LogP contribution is 2.37. The van der Waals surface area contributed by atoms with Crippen LogP contribution < -0.4 is 28.6 Å². The monoisotopic (exact) mass is 647 g/mol. The molecule has 0 unspecified atom stereocenters. The number of anilines is 2. The third-order valence-electron chi connectivity index (χ3n) is 7.23. The zero-order chi connectivity index (χ0) is 31.9. The van der Waals surface area contributed by atoms with E-state index in [1.807, 2.05) is 0 Å². The van der Waals surface area contributed by atoms with E-state index >= 15 is 0 Å². The van der Waals surface area contributed by atoms with Gasteiger partial charge < -0.3 is 24.3 Å². The Morgan fingerprint density at radius 2 is 1.32 bits per heavy atom. The second kappa shape index (κ2) is 14.2. The Bertz CT molecular complexity index is 1670. The van der Waals surface area contributed by atoms with Crippen LogP contribution in [0.25, 0.3) is 0 Å². The molecule has 0 spiro atoms. The molecule has 0 aliphatic carbocycles. The van der Waals surface area contributed by atoms with E-state index in [4.69, 9.17) is 18.9 Å². The Morgan fingerprint density at radius 3 is 1.91 bits per heavy atom. The van der Waals surface area contributed by atoms with Crippen LogP contribution in [0.5, 0.6) is 23.0 Å². The van der Waals surface area contributed by atoms with Crippen LogP contribution in [0, 0.1) is 0 Å². The van der Waals surface area contributed by atoms with Gasteiger partial charge in [-0.25, -0.2) is 16.8 Å². The van der Waals surface area contributed by atoms with E-state index in [2.05, 4.69) is 5.32 Å². The Balaban J connectivity index is 1.64. The number of amides is 1. The summed E-state index contributed by atoms with van der Waals surface area (Å²) in [4.78, 5) is 13.3. The fourth-order valence-electron chi connectivity index (χ4n) is 4.87. The zero-order valence-corrected chi connectivity index (χ0v) is 26.7. The maximum absolute atomic E-state index is 14.1. The molecule has 1 aliphatic heterocycles. The van der Waals surface area contributed by atoms with Crippen molar-refractivity contribution >= 4 is 37.3 Å². The van der Waals surface area contributed by atoms with Crippen LogP contribution in [0.2, 0.25) is 0 Å². The van der Waals surface area contributed by atoms with Crippen molar-refractivity contribution in [2.24, 2.45) is 0 Å². The zero-order valence-electron chi connectivity index (χ0n) is 25.1. The molecule has 0 aromatic heterocycles. The predicted octanol–water partition coefficient (Wildman–Crippen LogP) is 4.12. The fourth-order valence-corrected chi connectivity index (χ4v) is 7.82. The summed E-state index contributed by atoms with van der Waals surface area (Å²) in [6, 6.07) is 14.5. The van der Waals surface area contributed by atoms with Crippen molar-refractivity contribution in [3.63, 3.8) is 0 Å². The summed E-state index contributed by atoms with van der Waals surface area (Å²) < 4.78 is 78.1. The average molecular weight is 648 g/mol. The van der Waals surface area contributed by atoms with Crippen molar-refractivity contribution in [2.75, 3.05) is 57.7 Å². The number of benzene rings is 3. The topological polar surface area (TPSA) is 141 Å². The van der Waals surface area contributed by atoms with Crippen molar-refractivity contribution < 1.29 is 40.6 Å². The van der Waals surface area contributed by atoms with Crippen molar-refractivity contribution in [1.82, 2.24) is 4.31 Å². The minimum absolute atomic E-state index is 0.0654. The molecule has 3 aromatic carbocycles. The highest BCUT2D eigenvalue weighted by molar-refractivity contribution is 7.93. The largest absolute Gasteiger partial charge is 0.497 e. The van der Waals surface area contributed by atoms with E-state index in [1.54, 1.807) is 6.07 Å². The van der Waals surface area contributed by atoms with Gasteiger partial charge in [-0.05, 0) is 61.4 Å². The van der Waals surface area contributed by atoms with E-state index in [-0.39, 0.29) is 27.0 Å². The van der Waals surface area contributed by atoms with Crippen LogP contribution in [0.15, 0.2) is 70.5 Å². The molecule has 44 heavy (non-hydrogen) atoms. The highest BCUT2D eigenvalue weighted by Gasteiger charge is 2.31. The Morgan fingerprint density at radius 1 is 0.727 bits per heavy atom. The van der Waals surface area contributed by atoms with Crippen LogP contribution in [0.3, 0.4) is 0 Å². The van der Waals surface area contributed by atoms with E-state index in [0.717, 1.165) is 30.0 Å². The van der Waals surface area contributed by atoms with E-state index in [9.17, 15) is 21.6 Å². The molecule has 0 bridgehead atoms. The van der Waals surface area contributed by atoms with Gasteiger partial charge in [-0.1, -0.05) is 12.8 Å². The Kier molecular flexibility index (Phi) is 10.6. The third kappa shape index (κ3) is 7.20. The molecule has 14 heteroatoms. The molecular weight excluding hydrogens is 610 g/mol. The number of methoxy groups -OCH3 is 4. The van der Waals surface area contributed by atoms with Gasteiger partial charge >= 0.3 is 0 Å². The summed E-state index contributed by atoms with van der Waals surface area (Å²) in [5, 5.41) is 2.67. The van der Waals surface area contributed by atoms with E-state index < -0.39 is 32.5 Å². The minimum atomic E-state index is -4.38. The van der Waals surface area contributed by atoms with Crippen molar-refractivity contribution in [1.29, 1.82) is 0 Å². The van der Waals surface area contributed by atoms with Gasteiger partial charge in [0.1, 0.15) is 18.0 Å². The number of hydrogen-bond donors (Lipinski definition) is 1. The second-order valence-corrected chi connectivity index (χ2v) is 13.8. The lowest BCUT2D eigenvalue weighted by Gasteiger charge is -2.26. The van der Waals surface area contributed by atoms with Crippen LogP contribution in [0.4, 0.5) is 11.4 Å². The van der Waals surface area contributed by atoms with Crippen LogP contribution in [-0.2, 0) is 24.8 Å². The Hall–Kier alpha value is -4.01. The SMILES string of the molecule is COc1ccc(OC)c(N(CC(=O)Nc2ccc(S(=O)(=O)N3CCCCCC3)cc2)S(=O)(=O)c2ccc(OC)c(OC)c2)c1. The standard InChI is InChI=1S/C30H37N3O9S2/c1-39-23-11-15-27(40-2)26(19-23)33(44(37,38)25-14-16-28(41-3)29(20-25)42-4)21-30(34)31-22-9-12-24(13-10-22)43(35,36)32-17-7-5-6-8-18-32/h9-16,19-20H,5-8,17-18,21H2,1-4H3,(H,31,34). The predicted molar refractivity (Wildman–Crippen MR) is 166 cm³/mol. The van der Waals surface area contributed by atoms with Crippen molar-refractivity contribution in [3.8, 4) is 23.0 Å². The molecule has 0 saturated carbocycles. The number of rotatable bonds is 12. The van der Waals surface area contributed by atoms with Crippen LogP contribution in [-0.4, -0.2) is 75.1 Å². The minimum Gasteiger partial charge on any atom is -0.497 e. The molecule has 1 saturated heterocycles. The molecule has 1 fully saturated rings. The van der Waals surface area contributed by atoms with Gasteiger partial charge in [-0.3, -0.25) is 9.10 Å². The first-order valence-electron chi connectivity index (χ1n) is 13.9. The summed E-state index contributed by atoms with van der Waals surface area (Å²) in [6.07, 6.45) is 3.62. The van der Waals surface area contributed by atoms with Gasteiger partial charge in [-0.15, -0.1) is 0 Å². The number of sulfonamides is 2. The number of nitrogens with zero attached hydrogens (tertiary/aromatic N) is 2. The Labute approximate surface area is 258 Å². The lowest BCUT2D eigenvalue weighted by molar-refractivity contribution is -0.114. The molecule has 1 amide bonds. The molecule has 1 aliphatic rings. The number of carbonyl (C=O) groups is 1. The lowest BCUT2D eigenvalue weighted by Crippen LogP contribution is -2.38. The number of nitrogens with one attached hydrogen (secondary N) is 1. The van der Waals surface area contributed by atoms with E-state index in [0.29, 0.717) is 30.3 Å². The van der Waals surface area contributed by atoms with Gasteiger partial charge in [0.15, 0.2) is 11.5 Å². The van der Waals surface area contributed by atoms with Gasteiger partial charge in [0, 0.05) is 30.9 Å². The first-order valence-corrected chi connectivity index (χ1v) is 16.8. The fraction of sp³-hybridized carbons (Fsp3) is 0.367. The maximum Gasteiger partial charge on any atom is 0.265 e. The van der Waals surface area contributed by atoms with Gasteiger partial charge in [-0.2, -0.15) is 4.31 Å². The summed E-state index contributed by atoms with van der Waals surface area (Å²) in [5.74, 6) is 0.365. The van der Waals surface area contributed by atoms with Crippen molar-refractivity contribution in [3.05, 3.63) is 60.7 Å². The maximum atomic E-state index is 14.1. The molecule has 1 N–H and O–H groups in total. The molecule has 3 aromatic rings. The van der Waals surface area contributed by atoms with E-state index in [1.165, 1.54) is 87.3 Å². The third-order valence-corrected chi connectivity index (χ3v) is 10.9. The molecule has 12 nitrogen and oxygen atoms in total. The van der Waals surface area contributed by atoms with Gasteiger partial charge in [0.05, 0.1) is 43.9 Å². The molecule has 1 heterocycles. The van der Waals surface area contributed by atoms with Crippen LogP contribution >= 0.6 is 0 Å². The smallest absolute Gasteiger partial charge is 0.265 e. The highest BCUT2D eigenvalue weighted by atomic mass is 32.2. The molecular formula is C30H37N3O9S2. The second-order valence-electron chi connectivity index (χ2n) is 9.96. The summed E-state index contributed by atoms with van der Waals surface area (Å²) in [5.41, 5.74) is 0.363. The van der Waals surface area contributed by atoms with Gasteiger partial charge in [0.2, 0.25) is 15.9 Å². The molecule has 0 radical (unpaired) electrons. The summed E-state index contributed by atoms with van der Waals surface area (Å²) in [7, 11) is -2.42. The number of hydrogen-bond acceptors (Lipinski definition) is 9.